The summed E-state index contributed by atoms with van der Waals surface area (Å²) >= 11 is 0. The Hall–Kier alpha value is -1.72. The van der Waals surface area contributed by atoms with Gasteiger partial charge in [0.25, 0.3) is 0 Å². The average molecular weight is 152 g/mol. The molecule has 1 aromatic heterocycles. The third kappa shape index (κ3) is 0.794. The van der Waals surface area contributed by atoms with E-state index in [4.69, 9.17) is 5.11 Å². The maximum atomic E-state index is 10.4. The second-order valence-corrected chi connectivity index (χ2v) is 2.08. The second-order valence-electron chi connectivity index (χ2n) is 2.08. The highest BCUT2D eigenvalue weighted by molar-refractivity contribution is 6.36. The zero-order valence-electron chi connectivity index (χ0n) is 5.43. The van der Waals surface area contributed by atoms with Gasteiger partial charge in [0.15, 0.2) is 5.71 Å². The zero-order chi connectivity index (χ0) is 7.84. The summed E-state index contributed by atoms with van der Waals surface area (Å²) in [5, 5.41) is 12.3. The summed E-state index contributed by atoms with van der Waals surface area (Å²) in [5.41, 5.74) is 0.0839. The molecule has 0 fully saturated rings. The van der Waals surface area contributed by atoms with E-state index < -0.39 is 5.97 Å². The lowest BCUT2D eigenvalue weighted by atomic mass is 10.4. The number of hydrogen-bond acceptors (Lipinski definition) is 4. The molecule has 0 atom stereocenters. The Bertz CT molecular complexity index is 340. The zero-order valence-corrected chi connectivity index (χ0v) is 5.43. The molecule has 0 radical (unpaired) electrons. The molecule has 0 spiro atoms. The van der Waals surface area contributed by atoms with Gasteiger partial charge in [0.2, 0.25) is 5.95 Å². The van der Waals surface area contributed by atoms with Crippen molar-refractivity contribution in [2.24, 2.45) is 4.99 Å². The lowest BCUT2D eigenvalue weighted by Gasteiger charge is -1.89. The molecule has 1 aliphatic rings. The fraction of sp³-hybridized carbons (Fsp3) is 0.200. The first-order valence-electron chi connectivity index (χ1n) is 2.96. The van der Waals surface area contributed by atoms with Gasteiger partial charge in [0, 0.05) is 0 Å². The highest BCUT2D eigenvalue weighted by Crippen LogP contribution is 2.13. The summed E-state index contributed by atoms with van der Waals surface area (Å²) in [4.78, 5) is 17.8. The molecule has 11 heavy (non-hydrogen) atoms. The van der Waals surface area contributed by atoms with E-state index in [2.05, 4.69) is 15.1 Å². The first kappa shape index (κ1) is 6.02. The van der Waals surface area contributed by atoms with Gasteiger partial charge in [-0.1, -0.05) is 0 Å². The van der Waals surface area contributed by atoms with Crippen molar-refractivity contribution in [3.8, 4) is 0 Å². The van der Waals surface area contributed by atoms with E-state index in [0.29, 0.717) is 5.95 Å². The third-order valence-electron chi connectivity index (χ3n) is 1.38. The van der Waals surface area contributed by atoms with Crippen LogP contribution in [0.3, 0.4) is 0 Å². The molecule has 0 saturated heterocycles. The van der Waals surface area contributed by atoms with Gasteiger partial charge in [-0.05, 0) is 0 Å². The van der Waals surface area contributed by atoms with Crippen LogP contribution in [0.15, 0.2) is 11.3 Å². The Morgan fingerprint density at radius 2 is 2.55 bits per heavy atom. The third-order valence-corrected chi connectivity index (χ3v) is 1.38. The summed E-state index contributed by atoms with van der Waals surface area (Å²) in [5.74, 6) is -0.653. The van der Waals surface area contributed by atoms with Gasteiger partial charge in [-0.15, -0.1) is 0 Å². The monoisotopic (exact) mass is 152 g/mol. The molecule has 1 aliphatic heterocycles. The maximum Gasteiger partial charge on any atom is 0.352 e. The first-order valence-corrected chi connectivity index (χ1v) is 2.96. The lowest BCUT2D eigenvalue weighted by Crippen LogP contribution is -2.15. The fourth-order valence-electron chi connectivity index (χ4n) is 0.870. The predicted molar refractivity (Wildman–Crippen MR) is 34.8 cm³/mol. The second kappa shape index (κ2) is 1.88. The molecule has 0 aromatic carbocycles. The SMILES string of the molecule is O=C(O)C1=Nc2ncnn2C1. The number of carbonyl (C=O) groups is 1. The van der Waals surface area contributed by atoms with Gasteiger partial charge in [-0.3, -0.25) is 0 Å². The van der Waals surface area contributed by atoms with Crippen LogP contribution in [-0.2, 0) is 11.3 Å². The number of aliphatic imine (C=N–C) groups is 1. The van der Waals surface area contributed by atoms with Gasteiger partial charge >= 0.3 is 5.97 Å². The topological polar surface area (TPSA) is 80.4 Å². The molecule has 56 valence electrons. The fourth-order valence-corrected chi connectivity index (χ4v) is 0.870. The Morgan fingerprint density at radius 3 is 3.18 bits per heavy atom. The van der Waals surface area contributed by atoms with Crippen LogP contribution < -0.4 is 0 Å². The van der Waals surface area contributed by atoms with Crippen molar-refractivity contribution >= 4 is 17.6 Å². The smallest absolute Gasteiger partial charge is 0.352 e. The molecule has 0 unspecified atom stereocenters. The summed E-state index contributed by atoms with van der Waals surface area (Å²) in [6.45, 7) is 0.213. The summed E-state index contributed by atoms with van der Waals surface area (Å²) in [6.07, 6.45) is 1.34. The normalized spacial score (nSPS) is 14.4. The van der Waals surface area contributed by atoms with E-state index in [1.165, 1.54) is 11.0 Å². The van der Waals surface area contributed by atoms with Crippen LogP contribution in [0.1, 0.15) is 0 Å². The molecule has 0 saturated carbocycles. The number of nitrogens with zero attached hydrogens (tertiary/aromatic N) is 4. The highest BCUT2D eigenvalue weighted by atomic mass is 16.4. The van der Waals surface area contributed by atoms with E-state index in [1.807, 2.05) is 0 Å². The number of carboxylic acids is 1. The van der Waals surface area contributed by atoms with Crippen LogP contribution in [0.5, 0.6) is 0 Å². The minimum atomic E-state index is -1.02. The van der Waals surface area contributed by atoms with E-state index in [1.54, 1.807) is 0 Å². The number of aromatic nitrogens is 3. The highest BCUT2D eigenvalue weighted by Gasteiger charge is 2.20. The Balaban J connectivity index is 2.38. The molecule has 0 amide bonds. The van der Waals surface area contributed by atoms with Crippen molar-refractivity contribution < 1.29 is 9.90 Å². The summed E-state index contributed by atoms with van der Waals surface area (Å²) < 4.78 is 1.43. The van der Waals surface area contributed by atoms with Crippen LogP contribution in [0.4, 0.5) is 5.95 Å². The molecule has 2 heterocycles. The first-order chi connectivity index (χ1) is 5.27. The summed E-state index contributed by atoms with van der Waals surface area (Å²) in [6, 6.07) is 0. The molecule has 2 rings (SSSR count). The molecule has 0 aliphatic carbocycles. The van der Waals surface area contributed by atoms with Crippen molar-refractivity contribution in [3.63, 3.8) is 0 Å². The molecule has 0 bridgehead atoms. The van der Waals surface area contributed by atoms with Gasteiger partial charge in [0.05, 0.1) is 6.54 Å². The van der Waals surface area contributed by atoms with Crippen LogP contribution in [0, 0.1) is 0 Å². The lowest BCUT2D eigenvalue weighted by molar-refractivity contribution is -0.129. The number of hydrogen-bond donors (Lipinski definition) is 1. The molecule has 6 heteroatoms. The average Bonchev–Trinajstić information content (AvgIpc) is 2.40. The number of rotatable bonds is 1. The minimum absolute atomic E-state index is 0.0839. The quantitative estimate of drug-likeness (QED) is 0.585. The van der Waals surface area contributed by atoms with E-state index in [0.717, 1.165) is 0 Å². The van der Waals surface area contributed by atoms with Crippen molar-refractivity contribution in [3.05, 3.63) is 6.33 Å². The van der Waals surface area contributed by atoms with Gasteiger partial charge in [0.1, 0.15) is 6.33 Å². The number of carboxylic acid groups (broad SMARTS) is 1. The minimum Gasteiger partial charge on any atom is -0.477 e. The van der Waals surface area contributed by atoms with Crippen molar-refractivity contribution in [2.45, 2.75) is 6.54 Å². The van der Waals surface area contributed by atoms with Crippen molar-refractivity contribution in [2.75, 3.05) is 0 Å². The number of aliphatic carboxylic acids is 1. The molecule has 1 aromatic rings. The predicted octanol–water partition coefficient (Wildman–Crippen LogP) is -0.551. The Morgan fingerprint density at radius 1 is 1.73 bits per heavy atom. The van der Waals surface area contributed by atoms with Crippen LogP contribution >= 0.6 is 0 Å². The number of fused-ring (bicyclic) bond motifs is 1. The standard InChI is InChI=1S/C5H4N4O2/c10-4(11)3-1-9-5(8-3)6-2-7-9/h2H,1H2,(H,10,11). The molecular weight excluding hydrogens is 148 g/mol. The molecule has 6 nitrogen and oxygen atoms in total. The van der Waals surface area contributed by atoms with E-state index in [-0.39, 0.29) is 12.3 Å². The Kier molecular flexibility index (Phi) is 1.03. The summed E-state index contributed by atoms with van der Waals surface area (Å²) in [7, 11) is 0. The van der Waals surface area contributed by atoms with Crippen LogP contribution in [-0.4, -0.2) is 31.6 Å². The van der Waals surface area contributed by atoms with Crippen LogP contribution in [0.25, 0.3) is 0 Å². The van der Waals surface area contributed by atoms with Gasteiger partial charge < -0.3 is 5.11 Å². The Labute approximate surface area is 61.2 Å². The van der Waals surface area contributed by atoms with E-state index in [9.17, 15) is 4.79 Å². The largest absolute Gasteiger partial charge is 0.477 e. The van der Waals surface area contributed by atoms with Crippen molar-refractivity contribution in [1.82, 2.24) is 14.8 Å². The maximum absolute atomic E-state index is 10.4. The van der Waals surface area contributed by atoms with Gasteiger partial charge in [-0.25, -0.2) is 14.5 Å². The van der Waals surface area contributed by atoms with Crippen molar-refractivity contribution in [1.29, 1.82) is 0 Å². The molecule has 1 N–H and O–H groups in total. The molecular formula is C5H4N4O2. The van der Waals surface area contributed by atoms with Gasteiger partial charge in [-0.2, -0.15) is 10.1 Å². The van der Waals surface area contributed by atoms with E-state index >= 15 is 0 Å². The van der Waals surface area contributed by atoms with Crippen LogP contribution in [0.2, 0.25) is 0 Å².